The number of aryl methyl sites for hydroxylation is 1. The molecule has 7 nitrogen and oxygen atoms in total. The molecule has 0 saturated carbocycles. The van der Waals surface area contributed by atoms with E-state index in [4.69, 9.17) is 16.7 Å². The zero-order valence-electron chi connectivity index (χ0n) is 15.4. The van der Waals surface area contributed by atoms with Crippen molar-refractivity contribution >= 4 is 34.0 Å². The van der Waals surface area contributed by atoms with Crippen LogP contribution < -0.4 is 5.32 Å². The fourth-order valence-corrected chi connectivity index (χ4v) is 4.80. The van der Waals surface area contributed by atoms with Gasteiger partial charge in [-0.3, -0.25) is 9.78 Å². The van der Waals surface area contributed by atoms with Crippen LogP contribution in [0.2, 0.25) is 5.15 Å². The Morgan fingerprint density at radius 2 is 2.17 bits per heavy atom. The Hall–Kier alpha value is -3.10. The van der Waals surface area contributed by atoms with Gasteiger partial charge in [-0.05, 0) is 31.0 Å². The van der Waals surface area contributed by atoms with Crippen LogP contribution in [0.25, 0.3) is 27.5 Å². The minimum Gasteiger partial charge on any atom is -0.302 e. The molecule has 0 fully saturated rings. The summed E-state index contributed by atoms with van der Waals surface area (Å²) in [6, 6.07) is 7.56. The van der Waals surface area contributed by atoms with Crippen molar-refractivity contribution in [2.75, 3.05) is 5.32 Å². The second-order valence-corrected chi connectivity index (χ2v) is 8.03. The standard InChI is InChI=1S/C20H15ClN6OS/c1-11(28)24-20-25-15-5-4-14-17(12-3-2-7-22-10-12)26-27(18(14)19(15)29-20)13-6-8-23-16(21)9-13/h2-3,6-10H,4-5H2,1H3,(H,24,25,28). The number of rotatable bonds is 3. The Labute approximate surface area is 175 Å². The van der Waals surface area contributed by atoms with Crippen molar-refractivity contribution in [1.29, 1.82) is 0 Å². The van der Waals surface area contributed by atoms with Crippen LogP contribution in [0.5, 0.6) is 0 Å². The summed E-state index contributed by atoms with van der Waals surface area (Å²) in [4.78, 5) is 25.5. The second-order valence-electron chi connectivity index (χ2n) is 6.64. The van der Waals surface area contributed by atoms with Gasteiger partial charge in [0.1, 0.15) is 5.15 Å². The number of hydrogen-bond acceptors (Lipinski definition) is 6. The van der Waals surface area contributed by atoms with E-state index in [1.165, 1.54) is 18.3 Å². The number of thiazole rings is 1. The lowest BCUT2D eigenvalue weighted by molar-refractivity contribution is -0.114. The van der Waals surface area contributed by atoms with Crippen molar-refractivity contribution in [2.24, 2.45) is 0 Å². The van der Waals surface area contributed by atoms with Crippen LogP contribution in [0.15, 0.2) is 42.9 Å². The number of amides is 1. The van der Waals surface area contributed by atoms with Crippen molar-refractivity contribution in [1.82, 2.24) is 24.7 Å². The Morgan fingerprint density at radius 3 is 2.93 bits per heavy atom. The van der Waals surface area contributed by atoms with Gasteiger partial charge in [-0.2, -0.15) is 5.10 Å². The van der Waals surface area contributed by atoms with Gasteiger partial charge in [0, 0.05) is 42.7 Å². The van der Waals surface area contributed by atoms with Crippen molar-refractivity contribution in [3.05, 3.63) is 59.3 Å². The number of hydrogen-bond donors (Lipinski definition) is 1. The lowest BCUT2D eigenvalue weighted by Crippen LogP contribution is -2.07. The molecule has 1 amide bonds. The molecule has 4 aromatic rings. The smallest absolute Gasteiger partial charge is 0.223 e. The summed E-state index contributed by atoms with van der Waals surface area (Å²) in [6.45, 7) is 1.48. The molecule has 0 radical (unpaired) electrons. The molecule has 4 aromatic heterocycles. The minimum absolute atomic E-state index is 0.137. The zero-order chi connectivity index (χ0) is 20.0. The molecule has 1 aliphatic rings. The maximum absolute atomic E-state index is 11.5. The number of fused-ring (bicyclic) bond motifs is 3. The molecule has 29 heavy (non-hydrogen) atoms. The maximum atomic E-state index is 11.5. The summed E-state index contributed by atoms with van der Waals surface area (Å²) in [7, 11) is 0. The van der Waals surface area contributed by atoms with Crippen LogP contribution in [-0.4, -0.2) is 30.6 Å². The number of nitrogens with zero attached hydrogens (tertiary/aromatic N) is 5. The first kappa shape index (κ1) is 18.0. The molecule has 0 atom stereocenters. The van der Waals surface area contributed by atoms with Gasteiger partial charge in [0.2, 0.25) is 5.91 Å². The highest BCUT2D eigenvalue weighted by molar-refractivity contribution is 7.19. The highest BCUT2D eigenvalue weighted by Crippen LogP contribution is 2.44. The van der Waals surface area contributed by atoms with E-state index in [9.17, 15) is 4.79 Å². The molecular formula is C20H15ClN6OS. The van der Waals surface area contributed by atoms with Gasteiger partial charge in [0.15, 0.2) is 5.13 Å². The molecule has 0 spiro atoms. The molecule has 0 aromatic carbocycles. The van der Waals surface area contributed by atoms with Crippen molar-refractivity contribution in [3.8, 4) is 27.5 Å². The maximum Gasteiger partial charge on any atom is 0.223 e. The number of pyridine rings is 2. The highest BCUT2D eigenvalue weighted by Gasteiger charge is 2.30. The first-order chi connectivity index (χ1) is 14.1. The van der Waals surface area contributed by atoms with Gasteiger partial charge >= 0.3 is 0 Å². The third-order valence-corrected chi connectivity index (χ3v) is 5.91. The van der Waals surface area contributed by atoms with E-state index in [0.717, 1.165) is 51.6 Å². The SMILES string of the molecule is CC(=O)Nc1nc2c(s1)-c1c(c(-c3cccnc3)nn1-c1ccnc(Cl)c1)CC2. The summed E-state index contributed by atoms with van der Waals surface area (Å²) in [5.41, 5.74) is 5.74. The summed E-state index contributed by atoms with van der Waals surface area (Å²) in [6.07, 6.45) is 6.81. The van der Waals surface area contributed by atoms with E-state index in [-0.39, 0.29) is 5.91 Å². The molecule has 9 heteroatoms. The fraction of sp³-hybridized carbons (Fsp3) is 0.150. The van der Waals surface area contributed by atoms with Gasteiger partial charge in [-0.1, -0.05) is 22.9 Å². The molecule has 0 unspecified atom stereocenters. The molecule has 1 aliphatic carbocycles. The monoisotopic (exact) mass is 422 g/mol. The molecule has 1 N–H and O–H groups in total. The largest absolute Gasteiger partial charge is 0.302 e. The third kappa shape index (κ3) is 3.20. The number of halogens is 1. The topological polar surface area (TPSA) is 85.6 Å². The Bertz CT molecular complexity index is 1230. The van der Waals surface area contributed by atoms with E-state index < -0.39 is 0 Å². The fourth-order valence-electron chi connectivity index (χ4n) is 3.52. The van der Waals surface area contributed by atoms with Crippen LogP contribution >= 0.6 is 22.9 Å². The minimum atomic E-state index is -0.137. The number of carbonyl (C=O) groups is 1. The lowest BCUT2D eigenvalue weighted by Gasteiger charge is -2.14. The number of anilines is 1. The number of aromatic nitrogens is 5. The summed E-state index contributed by atoms with van der Waals surface area (Å²) in [5.74, 6) is -0.137. The predicted molar refractivity (Wildman–Crippen MR) is 112 cm³/mol. The predicted octanol–water partition coefficient (Wildman–Crippen LogP) is 4.16. The lowest BCUT2D eigenvalue weighted by atomic mass is 9.95. The second kappa shape index (κ2) is 7.06. The molecule has 144 valence electrons. The van der Waals surface area contributed by atoms with Crippen LogP contribution in [-0.2, 0) is 17.6 Å². The molecular weight excluding hydrogens is 408 g/mol. The number of carbonyl (C=O) groups excluding carboxylic acids is 1. The van der Waals surface area contributed by atoms with Gasteiger partial charge in [-0.15, -0.1) is 0 Å². The summed E-state index contributed by atoms with van der Waals surface area (Å²) in [5, 5.41) is 8.71. The molecule has 0 saturated heterocycles. The zero-order valence-corrected chi connectivity index (χ0v) is 17.0. The quantitative estimate of drug-likeness (QED) is 0.501. The third-order valence-electron chi connectivity index (χ3n) is 4.68. The van der Waals surface area contributed by atoms with Crippen LogP contribution in [0.3, 0.4) is 0 Å². The van der Waals surface area contributed by atoms with Gasteiger partial charge < -0.3 is 5.32 Å². The molecule has 0 aliphatic heterocycles. The summed E-state index contributed by atoms with van der Waals surface area (Å²) < 4.78 is 1.89. The van der Waals surface area contributed by atoms with Gasteiger partial charge in [0.05, 0.1) is 27.6 Å². The molecule has 5 rings (SSSR count). The average Bonchev–Trinajstić information content (AvgIpc) is 3.29. The van der Waals surface area contributed by atoms with Gasteiger partial charge in [-0.25, -0.2) is 14.6 Å². The van der Waals surface area contributed by atoms with Crippen LogP contribution in [0.1, 0.15) is 18.2 Å². The van der Waals surface area contributed by atoms with Crippen molar-refractivity contribution in [2.45, 2.75) is 19.8 Å². The normalized spacial score (nSPS) is 12.3. The highest BCUT2D eigenvalue weighted by atomic mass is 35.5. The van der Waals surface area contributed by atoms with E-state index >= 15 is 0 Å². The molecule has 4 heterocycles. The van der Waals surface area contributed by atoms with Crippen molar-refractivity contribution < 1.29 is 4.79 Å². The van der Waals surface area contributed by atoms with E-state index in [1.807, 2.05) is 29.1 Å². The Morgan fingerprint density at radius 1 is 1.28 bits per heavy atom. The Kier molecular flexibility index (Phi) is 4.37. The van der Waals surface area contributed by atoms with Crippen LogP contribution in [0.4, 0.5) is 5.13 Å². The Balaban J connectivity index is 1.75. The number of nitrogens with one attached hydrogen (secondary N) is 1. The van der Waals surface area contributed by atoms with Crippen molar-refractivity contribution in [3.63, 3.8) is 0 Å². The van der Waals surface area contributed by atoms with E-state index in [2.05, 4.69) is 20.3 Å². The average molecular weight is 423 g/mol. The van der Waals surface area contributed by atoms with E-state index in [0.29, 0.717) is 10.3 Å². The molecule has 0 bridgehead atoms. The summed E-state index contributed by atoms with van der Waals surface area (Å²) >= 11 is 7.60. The van der Waals surface area contributed by atoms with Gasteiger partial charge in [0.25, 0.3) is 0 Å². The first-order valence-corrected chi connectivity index (χ1v) is 10.2. The van der Waals surface area contributed by atoms with E-state index in [1.54, 1.807) is 18.5 Å². The first-order valence-electron chi connectivity index (χ1n) is 9.02. The van der Waals surface area contributed by atoms with Crippen LogP contribution in [0, 0.1) is 0 Å².